The van der Waals surface area contributed by atoms with E-state index in [-0.39, 0.29) is 0 Å². The quantitative estimate of drug-likeness (QED) is 0.813. The van der Waals surface area contributed by atoms with Crippen LogP contribution in [0.1, 0.15) is 40.0 Å². The summed E-state index contributed by atoms with van der Waals surface area (Å²) < 4.78 is 10.8. The predicted octanol–water partition coefficient (Wildman–Crippen LogP) is 1.53. The van der Waals surface area contributed by atoms with Crippen LogP contribution in [0.3, 0.4) is 0 Å². The molecule has 2 saturated heterocycles. The lowest BCUT2D eigenvalue weighted by atomic mass is 9.55. The summed E-state index contributed by atoms with van der Waals surface area (Å²) in [6.07, 6.45) is 0.983. The molecule has 2 aliphatic heterocycles. The van der Waals surface area contributed by atoms with Gasteiger partial charge in [-0.1, -0.05) is 0 Å². The smallest absolute Gasteiger partial charge is 0.407 e. The van der Waals surface area contributed by atoms with Crippen LogP contribution in [0.4, 0.5) is 4.79 Å². The highest BCUT2D eigenvalue weighted by Gasteiger charge is 2.62. The summed E-state index contributed by atoms with van der Waals surface area (Å²) >= 11 is 0. The second kappa shape index (κ2) is 4.37. The lowest BCUT2D eigenvalue weighted by Crippen LogP contribution is -2.65. The lowest BCUT2D eigenvalue weighted by molar-refractivity contribution is -0.230. The van der Waals surface area contributed by atoms with E-state index in [1.165, 1.54) is 0 Å². The van der Waals surface area contributed by atoms with Crippen LogP contribution in [-0.4, -0.2) is 41.5 Å². The number of carboxylic acids is 1. The van der Waals surface area contributed by atoms with Gasteiger partial charge in [0.2, 0.25) is 0 Å². The van der Waals surface area contributed by atoms with Gasteiger partial charge < -0.3 is 19.9 Å². The van der Waals surface area contributed by atoms with E-state index in [9.17, 15) is 14.7 Å². The third-order valence-electron chi connectivity index (χ3n) is 3.72. The van der Waals surface area contributed by atoms with Gasteiger partial charge in [-0.15, -0.1) is 0 Å². The first-order valence-corrected chi connectivity index (χ1v) is 6.51. The molecule has 2 bridgehead atoms. The Balaban J connectivity index is 1.85. The second-order valence-corrected chi connectivity index (χ2v) is 6.58. The minimum absolute atomic E-state index is 0.303. The molecule has 3 aliphatic rings. The van der Waals surface area contributed by atoms with Gasteiger partial charge in [0.25, 0.3) is 0 Å². The minimum Gasteiger partial charge on any atom is -0.481 e. The second-order valence-electron chi connectivity index (χ2n) is 6.58. The highest BCUT2D eigenvalue weighted by molar-refractivity contribution is 5.77. The molecule has 0 aromatic heterocycles. The zero-order valence-corrected chi connectivity index (χ0v) is 11.6. The average Bonchev–Trinajstić information content (AvgIpc) is 2.23. The summed E-state index contributed by atoms with van der Waals surface area (Å²) in [5.74, 6) is -0.760. The Hall–Kier alpha value is -1.30. The summed E-state index contributed by atoms with van der Waals surface area (Å²) in [7, 11) is 0. The van der Waals surface area contributed by atoms with Gasteiger partial charge in [0.1, 0.15) is 5.60 Å². The minimum atomic E-state index is -0.760. The molecule has 3 fully saturated rings. The fourth-order valence-corrected chi connectivity index (χ4v) is 2.90. The standard InChI is InChI=1S/C13H21NO5/c1-11(2,3)19-10(17)14-8-13-6-12(7-13,9(15)16)4-5-18-13/h4-8H2,1-3H3,(H,14,17)(H,15,16). The molecule has 2 N–H and O–H groups in total. The van der Waals surface area contributed by atoms with Crippen molar-refractivity contribution in [3.05, 3.63) is 0 Å². The fourth-order valence-electron chi connectivity index (χ4n) is 2.90. The van der Waals surface area contributed by atoms with Crippen molar-refractivity contribution in [2.75, 3.05) is 13.2 Å². The molecule has 6 nitrogen and oxygen atoms in total. The Morgan fingerprint density at radius 2 is 2.00 bits per heavy atom. The number of carbonyl (C=O) groups excluding carboxylic acids is 1. The molecular formula is C13H21NO5. The van der Waals surface area contributed by atoms with Crippen LogP contribution in [0.5, 0.6) is 0 Å². The summed E-state index contributed by atoms with van der Waals surface area (Å²) in [5, 5.41) is 11.9. The molecule has 19 heavy (non-hydrogen) atoms. The Kier molecular flexibility index (Phi) is 3.24. The predicted molar refractivity (Wildman–Crippen MR) is 66.8 cm³/mol. The summed E-state index contributed by atoms with van der Waals surface area (Å²) in [6.45, 7) is 6.11. The normalized spacial score (nSPS) is 33.2. The highest BCUT2D eigenvalue weighted by atomic mass is 16.6. The van der Waals surface area contributed by atoms with E-state index in [4.69, 9.17) is 9.47 Å². The van der Waals surface area contributed by atoms with Gasteiger partial charge in [-0.2, -0.15) is 0 Å². The average molecular weight is 271 g/mol. The first kappa shape index (κ1) is 14.1. The van der Waals surface area contributed by atoms with E-state index in [1.54, 1.807) is 20.8 Å². The first-order chi connectivity index (χ1) is 8.67. The van der Waals surface area contributed by atoms with E-state index in [1.807, 2.05) is 0 Å². The number of nitrogens with one attached hydrogen (secondary N) is 1. The molecule has 1 saturated carbocycles. The van der Waals surface area contributed by atoms with Gasteiger partial charge in [0.15, 0.2) is 0 Å². The highest BCUT2D eigenvalue weighted by Crippen LogP contribution is 2.56. The van der Waals surface area contributed by atoms with Crippen molar-refractivity contribution in [3.8, 4) is 0 Å². The summed E-state index contributed by atoms with van der Waals surface area (Å²) in [6, 6.07) is 0. The fraction of sp³-hybridized carbons (Fsp3) is 0.846. The third-order valence-corrected chi connectivity index (χ3v) is 3.72. The lowest BCUT2D eigenvalue weighted by Gasteiger charge is -2.57. The van der Waals surface area contributed by atoms with Crippen LogP contribution in [0, 0.1) is 5.41 Å². The molecule has 0 unspecified atom stereocenters. The monoisotopic (exact) mass is 271 g/mol. The molecule has 0 radical (unpaired) electrons. The molecule has 1 aliphatic carbocycles. The van der Waals surface area contributed by atoms with E-state index < -0.39 is 28.7 Å². The van der Waals surface area contributed by atoms with Crippen molar-refractivity contribution in [2.24, 2.45) is 5.41 Å². The van der Waals surface area contributed by atoms with Crippen molar-refractivity contribution in [3.63, 3.8) is 0 Å². The van der Waals surface area contributed by atoms with Crippen molar-refractivity contribution in [1.82, 2.24) is 5.32 Å². The number of ether oxygens (including phenoxy) is 2. The van der Waals surface area contributed by atoms with Crippen molar-refractivity contribution in [2.45, 2.75) is 51.2 Å². The third kappa shape index (κ3) is 2.83. The molecule has 1 amide bonds. The number of fused-ring (bicyclic) bond motifs is 2. The molecule has 0 aromatic carbocycles. The molecule has 2 heterocycles. The van der Waals surface area contributed by atoms with Gasteiger partial charge in [0, 0.05) is 13.2 Å². The number of aliphatic carboxylic acids is 1. The number of hydrogen-bond acceptors (Lipinski definition) is 4. The Labute approximate surface area is 112 Å². The first-order valence-electron chi connectivity index (χ1n) is 6.51. The largest absolute Gasteiger partial charge is 0.481 e. The molecule has 6 heteroatoms. The molecule has 0 atom stereocenters. The van der Waals surface area contributed by atoms with Gasteiger partial charge in [-0.3, -0.25) is 4.79 Å². The van der Waals surface area contributed by atoms with Crippen molar-refractivity contribution in [1.29, 1.82) is 0 Å². The number of carbonyl (C=O) groups is 2. The zero-order valence-electron chi connectivity index (χ0n) is 11.6. The summed E-state index contributed by atoms with van der Waals surface area (Å²) in [5.41, 5.74) is -1.71. The molecule has 108 valence electrons. The van der Waals surface area contributed by atoms with Gasteiger partial charge in [0.05, 0.1) is 11.0 Å². The number of alkyl carbamates (subject to hydrolysis) is 1. The van der Waals surface area contributed by atoms with E-state index >= 15 is 0 Å². The van der Waals surface area contributed by atoms with Crippen molar-refractivity contribution < 1.29 is 24.2 Å². The molecule has 0 spiro atoms. The maximum atomic E-state index is 11.6. The van der Waals surface area contributed by atoms with Crippen LogP contribution in [-0.2, 0) is 14.3 Å². The van der Waals surface area contributed by atoms with Gasteiger partial charge >= 0.3 is 12.1 Å². The van der Waals surface area contributed by atoms with E-state index in [0.29, 0.717) is 32.4 Å². The van der Waals surface area contributed by atoms with Crippen LogP contribution >= 0.6 is 0 Å². The Bertz CT molecular complexity index is 392. The van der Waals surface area contributed by atoms with Crippen LogP contribution < -0.4 is 5.32 Å². The van der Waals surface area contributed by atoms with E-state index in [0.717, 1.165) is 0 Å². The maximum absolute atomic E-state index is 11.6. The van der Waals surface area contributed by atoms with Gasteiger partial charge in [-0.25, -0.2) is 4.79 Å². The van der Waals surface area contributed by atoms with Crippen molar-refractivity contribution >= 4 is 12.1 Å². The van der Waals surface area contributed by atoms with Crippen LogP contribution in [0.25, 0.3) is 0 Å². The number of amides is 1. The van der Waals surface area contributed by atoms with Gasteiger partial charge in [-0.05, 0) is 40.0 Å². The number of carboxylic acid groups (broad SMARTS) is 1. The number of rotatable bonds is 3. The topological polar surface area (TPSA) is 84.9 Å². The van der Waals surface area contributed by atoms with Crippen LogP contribution in [0.15, 0.2) is 0 Å². The Morgan fingerprint density at radius 1 is 1.37 bits per heavy atom. The molecule has 3 rings (SSSR count). The Morgan fingerprint density at radius 3 is 2.53 bits per heavy atom. The molecular weight excluding hydrogens is 250 g/mol. The SMILES string of the molecule is CC(C)(C)OC(=O)NCC12CC(C(=O)O)(CCO1)C2. The number of hydrogen-bond donors (Lipinski definition) is 2. The molecule has 0 aromatic rings. The summed E-state index contributed by atoms with van der Waals surface area (Å²) in [4.78, 5) is 22.8. The zero-order chi connectivity index (χ0) is 14.3. The van der Waals surface area contributed by atoms with E-state index in [2.05, 4.69) is 5.32 Å². The van der Waals surface area contributed by atoms with Crippen LogP contribution in [0.2, 0.25) is 0 Å². The maximum Gasteiger partial charge on any atom is 0.407 e.